The Bertz CT molecular complexity index is 860. The molecule has 3 N–H and O–H groups in total. The smallest absolute Gasteiger partial charge is 0.271 e. The second-order valence-corrected chi connectivity index (χ2v) is 5.37. The van der Waals surface area contributed by atoms with E-state index < -0.39 is 5.91 Å². The predicted molar refractivity (Wildman–Crippen MR) is 85.8 cm³/mol. The number of halogens is 2. The van der Waals surface area contributed by atoms with Crippen molar-refractivity contribution in [3.8, 4) is 22.4 Å². The van der Waals surface area contributed by atoms with E-state index in [1.54, 1.807) is 12.1 Å². The number of carbonyl (C=O) groups is 1. The van der Waals surface area contributed by atoms with Gasteiger partial charge in [-0.3, -0.25) is 4.79 Å². The van der Waals surface area contributed by atoms with Crippen LogP contribution in [0.15, 0.2) is 42.5 Å². The van der Waals surface area contributed by atoms with Crippen LogP contribution < -0.4 is 5.73 Å². The molecule has 1 aromatic heterocycles. The van der Waals surface area contributed by atoms with Crippen LogP contribution in [-0.4, -0.2) is 21.3 Å². The Morgan fingerprint density at radius 3 is 2.41 bits per heavy atom. The molecule has 3 rings (SSSR count). The lowest BCUT2D eigenvalue weighted by Gasteiger charge is -2.09. The number of amides is 1. The van der Waals surface area contributed by atoms with E-state index in [4.69, 9.17) is 28.9 Å². The first-order valence-corrected chi connectivity index (χ1v) is 7.09. The number of hydrogen-bond acceptors (Lipinski definition) is 3. The fourth-order valence-corrected chi connectivity index (χ4v) is 2.49. The number of nitrogens with two attached hydrogens (primary N) is 1. The molecule has 1 heterocycles. The van der Waals surface area contributed by atoms with Crippen LogP contribution in [0.3, 0.4) is 0 Å². The highest BCUT2D eigenvalue weighted by atomic mass is 35.5. The van der Waals surface area contributed by atoms with Crippen molar-refractivity contribution in [3.05, 3.63) is 58.2 Å². The summed E-state index contributed by atoms with van der Waals surface area (Å²) < 4.78 is 0. The van der Waals surface area contributed by atoms with E-state index in [1.165, 1.54) is 0 Å². The Kier molecular flexibility index (Phi) is 3.83. The Labute approximate surface area is 136 Å². The van der Waals surface area contributed by atoms with Crippen LogP contribution in [-0.2, 0) is 0 Å². The average Bonchev–Trinajstić information content (AvgIpc) is 3.00. The summed E-state index contributed by atoms with van der Waals surface area (Å²) in [5.74, 6) is -0.646. The third-order valence-electron chi connectivity index (χ3n) is 3.19. The van der Waals surface area contributed by atoms with Crippen LogP contribution in [0.1, 0.15) is 10.5 Å². The van der Waals surface area contributed by atoms with Gasteiger partial charge >= 0.3 is 0 Å². The van der Waals surface area contributed by atoms with Gasteiger partial charge in [-0.25, -0.2) is 0 Å². The van der Waals surface area contributed by atoms with Crippen molar-refractivity contribution in [1.29, 1.82) is 0 Å². The maximum absolute atomic E-state index is 11.5. The van der Waals surface area contributed by atoms with Crippen molar-refractivity contribution in [2.24, 2.45) is 5.73 Å². The van der Waals surface area contributed by atoms with Crippen molar-refractivity contribution in [2.45, 2.75) is 0 Å². The zero-order valence-corrected chi connectivity index (χ0v) is 12.7. The fraction of sp³-hybridized carbons (Fsp3) is 0. The molecule has 0 bridgehead atoms. The second-order valence-electron chi connectivity index (χ2n) is 4.56. The molecule has 1 amide bonds. The Hall–Kier alpha value is -2.37. The van der Waals surface area contributed by atoms with Gasteiger partial charge in [0.15, 0.2) is 5.69 Å². The van der Waals surface area contributed by atoms with Gasteiger partial charge in [-0.15, -0.1) is 0 Å². The number of benzene rings is 2. The van der Waals surface area contributed by atoms with Gasteiger partial charge in [-0.1, -0.05) is 53.5 Å². The molecule has 0 atom stereocenters. The van der Waals surface area contributed by atoms with Crippen molar-refractivity contribution in [1.82, 2.24) is 15.4 Å². The summed E-state index contributed by atoms with van der Waals surface area (Å²) in [5, 5.41) is 11.2. The normalized spacial score (nSPS) is 10.6. The van der Waals surface area contributed by atoms with Gasteiger partial charge in [0.05, 0.1) is 10.0 Å². The van der Waals surface area contributed by atoms with Crippen molar-refractivity contribution in [3.63, 3.8) is 0 Å². The van der Waals surface area contributed by atoms with Crippen LogP contribution in [0, 0.1) is 0 Å². The molecule has 0 saturated carbocycles. The summed E-state index contributed by atoms with van der Waals surface area (Å²) in [6.45, 7) is 0. The van der Waals surface area contributed by atoms with Gasteiger partial charge < -0.3 is 5.73 Å². The summed E-state index contributed by atoms with van der Waals surface area (Å²) in [6, 6.07) is 12.8. The van der Waals surface area contributed by atoms with Gasteiger partial charge in [0.25, 0.3) is 5.91 Å². The van der Waals surface area contributed by atoms with Crippen molar-refractivity contribution in [2.75, 3.05) is 0 Å². The van der Waals surface area contributed by atoms with Crippen LogP contribution in [0.5, 0.6) is 0 Å². The maximum Gasteiger partial charge on any atom is 0.271 e. The standard InChI is InChI=1S/C15H10Cl2N4O/c16-11-6-5-8(7-12(11)17)9-3-1-2-4-10(9)13-14(15(18)22)20-21-19-13/h1-7H,(H2,18,22)(H,19,20,21). The van der Waals surface area contributed by atoms with E-state index in [0.29, 0.717) is 15.7 Å². The number of H-pyrrole nitrogens is 1. The summed E-state index contributed by atoms with van der Waals surface area (Å²) >= 11 is 12.0. The SMILES string of the molecule is NC(=O)c1n[nH]nc1-c1ccccc1-c1ccc(Cl)c(Cl)c1. The van der Waals surface area contributed by atoms with Crippen LogP contribution in [0.2, 0.25) is 10.0 Å². The fourth-order valence-electron chi connectivity index (χ4n) is 2.20. The average molecular weight is 333 g/mol. The second kappa shape index (κ2) is 5.79. The van der Waals surface area contributed by atoms with Gasteiger partial charge in [0.1, 0.15) is 5.69 Å². The summed E-state index contributed by atoms with van der Waals surface area (Å²) in [6.07, 6.45) is 0. The van der Waals surface area contributed by atoms with Gasteiger partial charge in [-0.2, -0.15) is 15.4 Å². The highest BCUT2D eigenvalue weighted by Gasteiger charge is 2.18. The first-order valence-electron chi connectivity index (χ1n) is 6.33. The lowest BCUT2D eigenvalue weighted by Crippen LogP contribution is -2.12. The monoisotopic (exact) mass is 332 g/mol. The van der Waals surface area contributed by atoms with Crippen LogP contribution in [0.25, 0.3) is 22.4 Å². The lowest BCUT2D eigenvalue weighted by atomic mass is 9.97. The first-order chi connectivity index (χ1) is 10.6. The summed E-state index contributed by atoms with van der Waals surface area (Å²) in [7, 11) is 0. The molecule has 0 unspecified atom stereocenters. The molecule has 3 aromatic rings. The summed E-state index contributed by atoms with van der Waals surface area (Å²) in [4.78, 5) is 11.5. The molecular formula is C15H10Cl2N4O. The number of aromatic amines is 1. The molecule has 22 heavy (non-hydrogen) atoms. The topological polar surface area (TPSA) is 84.7 Å². The van der Waals surface area contributed by atoms with E-state index in [9.17, 15) is 4.79 Å². The molecule has 2 aromatic carbocycles. The molecule has 0 saturated heterocycles. The largest absolute Gasteiger partial charge is 0.364 e. The van der Waals surface area contributed by atoms with E-state index in [0.717, 1.165) is 16.7 Å². The van der Waals surface area contributed by atoms with Crippen LogP contribution >= 0.6 is 23.2 Å². The van der Waals surface area contributed by atoms with Gasteiger partial charge in [0, 0.05) is 5.56 Å². The number of aromatic nitrogens is 3. The number of hydrogen-bond donors (Lipinski definition) is 2. The molecule has 0 fully saturated rings. The van der Waals surface area contributed by atoms with E-state index in [1.807, 2.05) is 30.3 Å². The molecule has 0 aliphatic rings. The van der Waals surface area contributed by atoms with Crippen molar-refractivity contribution < 1.29 is 4.79 Å². The Balaban J connectivity index is 2.20. The van der Waals surface area contributed by atoms with Gasteiger partial charge in [0.2, 0.25) is 0 Å². The zero-order chi connectivity index (χ0) is 15.7. The number of nitrogens with zero attached hydrogens (tertiary/aromatic N) is 2. The highest BCUT2D eigenvalue weighted by Crippen LogP contribution is 2.34. The number of carbonyl (C=O) groups excluding carboxylic acids is 1. The molecule has 5 nitrogen and oxygen atoms in total. The molecule has 7 heteroatoms. The highest BCUT2D eigenvalue weighted by molar-refractivity contribution is 6.42. The lowest BCUT2D eigenvalue weighted by molar-refractivity contribution is 0.0996. The Morgan fingerprint density at radius 2 is 1.73 bits per heavy atom. The first kappa shape index (κ1) is 14.6. The van der Waals surface area contributed by atoms with Crippen LogP contribution in [0.4, 0.5) is 0 Å². The maximum atomic E-state index is 11.5. The Morgan fingerprint density at radius 1 is 1.00 bits per heavy atom. The third kappa shape index (κ3) is 2.56. The number of primary amides is 1. The minimum absolute atomic E-state index is 0.0903. The van der Waals surface area contributed by atoms with Crippen molar-refractivity contribution >= 4 is 29.1 Å². The molecular weight excluding hydrogens is 323 g/mol. The van der Waals surface area contributed by atoms with Gasteiger partial charge in [-0.05, 0) is 23.3 Å². The molecule has 0 spiro atoms. The van der Waals surface area contributed by atoms with E-state index in [2.05, 4.69) is 15.4 Å². The summed E-state index contributed by atoms with van der Waals surface area (Å²) in [5.41, 5.74) is 8.24. The predicted octanol–water partition coefficient (Wildman–Crippen LogP) is 3.54. The quantitative estimate of drug-likeness (QED) is 0.769. The van der Waals surface area contributed by atoms with E-state index >= 15 is 0 Å². The number of nitrogens with one attached hydrogen (secondary N) is 1. The molecule has 0 aliphatic heterocycles. The molecule has 0 radical (unpaired) electrons. The minimum Gasteiger partial charge on any atom is -0.364 e. The van der Waals surface area contributed by atoms with E-state index in [-0.39, 0.29) is 5.69 Å². The third-order valence-corrected chi connectivity index (χ3v) is 3.93. The zero-order valence-electron chi connectivity index (χ0n) is 11.2. The molecule has 110 valence electrons. The minimum atomic E-state index is -0.646. The number of rotatable bonds is 3. The molecule has 0 aliphatic carbocycles.